The lowest BCUT2D eigenvalue weighted by Crippen LogP contribution is -2.15. The number of halogens is 1. The first-order valence-corrected chi connectivity index (χ1v) is 11.4. The first-order chi connectivity index (χ1) is 14.7. The highest BCUT2D eigenvalue weighted by Gasteiger charge is 2.17. The predicted octanol–water partition coefficient (Wildman–Crippen LogP) is 4.66. The smallest absolute Gasteiger partial charge is 0.291 e. The van der Waals surface area contributed by atoms with Gasteiger partial charge >= 0.3 is 0 Å². The molecule has 0 spiro atoms. The van der Waals surface area contributed by atoms with Gasteiger partial charge in [0.15, 0.2) is 5.76 Å². The molecule has 0 radical (unpaired) electrons. The minimum absolute atomic E-state index is 0.0352. The zero-order valence-corrected chi connectivity index (χ0v) is 18.9. The highest BCUT2D eigenvalue weighted by molar-refractivity contribution is 9.10. The summed E-state index contributed by atoms with van der Waals surface area (Å²) in [5.74, 6) is 0.376. The molecule has 10 heteroatoms. The third-order valence-corrected chi connectivity index (χ3v) is 6.19. The molecule has 2 aromatic heterocycles. The van der Waals surface area contributed by atoms with E-state index in [2.05, 4.69) is 35.9 Å². The van der Waals surface area contributed by atoms with Gasteiger partial charge in [0.05, 0.1) is 4.90 Å². The molecule has 158 valence electrons. The van der Waals surface area contributed by atoms with Crippen molar-refractivity contribution in [3.05, 3.63) is 76.3 Å². The zero-order chi connectivity index (χ0) is 22.2. The van der Waals surface area contributed by atoms with Crippen LogP contribution in [0.3, 0.4) is 0 Å². The number of hydrogen-bond donors (Lipinski definition) is 2. The zero-order valence-electron chi connectivity index (χ0n) is 16.5. The van der Waals surface area contributed by atoms with Crippen LogP contribution < -0.4 is 10.0 Å². The summed E-state index contributed by atoms with van der Waals surface area (Å²) >= 11 is 3.38. The number of fused-ring (bicyclic) bond motifs is 1. The Balaban J connectivity index is 1.49. The minimum atomic E-state index is -3.84. The summed E-state index contributed by atoms with van der Waals surface area (Å²) in [7, 11) is -3.84. The molecule has 0 atom stereocenters. The number of furan rings is 1. The molecular formula is C21H17BrN4O4S. The Morgan fingerprint density at radius 1 is 1.00 bits per heavy atom. The van der Waals surface area contributed by atoms with Crippen LogP contribution in [0.4, 0.5) is 11.5 Å². The number of nitrogens with one attached hydrogen (secondary N) is 2. The van der Waals surface area contributed by atoms with Crippen molar-refractivity contribution in [2.45, 2.75) is 18.7 Å². The van der Waals surface area contributed by atoms with E-state index in [1.807, 2.05) is 12.1 Å². The third kappa shape index (κ3) is 4.75. The van der Waals surface area contributed by atoms with E-state index in [-0.39, 0.29) is 16.5 Å². The average Bonchev–Trinajstić information content (AvgIpc) is 3.10. The SMILES string of the molecule is Cc1cc(NS(=O)(=O)c2ccc(NC(=O)c3cc4cc(Br)ccc4o3)cc2)nc(C)n1. The largest absolute Gasteiger partial charge is 0.451 e. The molecule has 0 saturated carbocycles. The molecule has 0 aliphatic heterocycles. The molecule has 0 unspecified atom stereocenters. The summed E-state index contributed by atoms with van der Waals surface area (Å²) in [5.41, 5.74) is 1.68. The second-order valence-corrected chi connectivity index (χ2v) is 9.42. The van der Waals surface area contributed by atoms with Crippen LogP contribution in [-0.4, -0.2) is 24.3 Å². The van der Waals surface area contributed by atoms with E-state index in [9.17, 15) is 13.2 Å². The maximum absolute atomic E-state index is 12.6. The maximum atomic E-state index is 12.6. The Morgan fingerprint density at radius 3 is 2.45 bits per heavy atom. The quantitative estimate of drug-likeness (QED) is 0.411. The number of rotatable bonds is 5. The van der Waals surface area contributed by atoms with Crippen molar-refractivity contribution in [3.8, 4) is 0 Å². The van der Waals surface area contributed by atoms with Crippen LogP contribution in [-0.2, 0) is 10.0 Å². The van der Waals surface area contributed by atoms with Gasteiger partial charge in [-0.2, -0.15) is 0 Å². The number of sulfonamides is 1. The number of carbonyl (C=O) groups excluding carboxylic acids is 1. The monoisotopic (exact) mass is 500 g/mol. The van der Waals surface area contributed by atoms with E-state index < -0.39 is 15.9 Å². The van der Waals surface area contributed by atoms with Gasteiger partial charge in [0, 0.05) is 27.3 Å². The normalized spacial score (nSPS) is 11.5. The van der Waals surface area contributed by atoms with Crippen molar-refractivity contribution in [2.75, 3.05) is 10.0 Å². The number of anilines is 2. The van der Waals surface area contributed by atoms with Crippen molar-refractivity contribution < 1.29 is 17.6 Å². The summed E-state index contributed by atoms with van der Waals surface area (Å²) in [4.78, 5) is 20.7. The Kier molecular flexibility index (Phi) is 5.50. The van der Waals surface area contributed by atoms with Gasteiger partial charge in [-0.1, -0.05) is 15.9 Å². The standard InChI is InChI=1S/C21H17BrN4O4S/c1-12-9-20(24-13(2)23-12)26-31(28,29)17-6-4-16(5-7-17)25-21(27)19-11-14-10-15(22)3-8-18(14)30-19/h3-11H,1-2H3,(H,25,27)(H,23,24,26). The van der Waals surface area contributed by atoms with Gasteiger partial charge in [0.1, 0.15) is 17.2 Å². The molecule has 0 fully saturated rings. The number of aryl methyl sites for hydroxylation is 2. The lowest BCUT2D eigenvalue weighted by Gasteiger charge is -2.09. The van der Waals surface area contributed by atoms with Crippen molar-refractivity contribution >= 4 is 54.3 Å². The van der Waals surface area contributed by atoms with Gasteiger partial charge in [-0.15, -0.1) is 0 Å². The number of benzene rings is 2. The Labute approximate surface area is 186 Å². The summed E-state index contributed by atoms with van der Waals surface area (Å²) < 4.78 is 34.1. The van der Waals surface area contributed by atoms with Gasteiger partial charge in [0.2, 0.25) is 0 Å². The van der Waals surface area contributed by atoms with Crippen LogP contribution in [0, 0.1) is 13.8 Å². The van der Waals surface area contributed by atoms with Crippen LogP contribution in [0.25, 0.3) is 11.0 Å². The molecule has 0 saturated heterocycles. The fourth-order valence-electron chi connectivity index (χ4n) is 3.00. The van der Waals surface area contributed by atoms with E-state index in [1.165, 1.54) is 24.3 Å². The molecule has 8 nitrogen and oxygen atoms in total. The van der Waals surface area contributed by atoms with Crippen LogP contribution in [0.15, 0.2) is 68.4 Å². The van der Waals surface area contributed by atoms with Crippen LogP contribution >= 0.6 is 15.9 Å². The topological polar surface area (TPSA) is 114 Å². The number of carbonyl (C=O) groups is 1. The average molecular weight is 501 g/mol. The Morgan fingerprint density at radius 2 is 1.74 bits per heavy atom. The summed E-state index contributed by atoms with van der Waals surface area (Å²) in [6.07, 6.45) is 0. The minimum Gasteiger partial charge on any atom is -0.451 e. The predicted molar refractivity (Wildman–Crippen MR) is 121 cm³/mol. The molecule has 31 heavy (non-hydrogen) atoms. The van der Waals surface area contributed by atoms with Crippen molar-refractivity contribution in [2.24, 2.45) is 0 Å². The molecule has 4 aromatic rings. The second-order valence-electron chi connectivity index (χ2n) is 6.82. The van der Waals surface area contributed by atoms with Crippen molar-refractivity contribution in [1.29, 1.82) is 0 Å². The maximum Gasteiger partial charge on any atom is 0.291 e. The Hall–Kier alpha value is -3.24. The first-order valence-electron chi connectivity index (χ1n) is 9.15. The first kappa shape index (κ1) is 21.0. The van der Waals surface area contributed by atoms with Gasteiger partial charge in [-0.25, -0.2) is 18.4 Å². The van der Waals surface area contributed by atoms with E-state index in [1.54, 1.807) is 32.0 Å². The molecule has 4 rings (SSSR count). The molecule has 1 amide bonds. The van der Waals surface area contributed by atoms with Crippen LogP contribution in [0.2, 0.25) is 0 Å². The molecule has 0 bridgehead atoms. The Bertz CT molecular complexity index is 1380. The second kappa shape index (κ2) is 8.12. The fourth-order valence-corrected chi connectivity index (χ4v) is 4.37. The number of nitrogens with zero attached hydrogens (tertiary/aromatic N) is 2. The lowest BCUT2D eigenvalue weighted by molar-refractivity contribution is 0.0998. The van der Waals surface area contributed by atoms with E-state index in [0.29, 0.717) is 22.8 Å². The highest BCUT2D eigenvalue weighted by Crippen LogP contribution is 2.24. The fraction of sp³-hybridized carbons (Fsp3) is 0.0952. The number of amides is 1. The highest BCUT2D eigenvalue weighted by atomic mass is 79.9. The van der Waals surface area contributed by atoms with Crippen molar-refractivity contribution in [3.63, 3.8) is 0 Å². The lowest BCUT2D eigenvalue weighted by atomic mass is 10.2. The molecule has 0 aliphatic carbocycles. The van der Waals surface area contributed by atoms with Gasteiger partial charge in [0.25, 0.3) is 15.9 Å². The van der Waals surface area contributed by atoms with E-state index in [4.69, 9.17) is 4.42 Å². The number of hydrogen-bond acceptors (Lipinski definition) is 6. The molecular weight excluding hydrogens is 484 g/mol. The van der Waals surface area contributed by atoms with E-state index in [0.717, 1.165) is 9.86 Å². The summed E-state index contributed by atoms with van der Waals surface area (Å²) in [6, 6.07) is 14.4. The summed E-state index contributed by atoms with van der Waals surface area (Å²) in [5, 5.41) is 3.49. The molecule has 2 heterocycles. The summed E-state index contributed by atoms with van der Waals surface area (Å²) in [6.45, 7) is 3.44. The van der Waals surface area contributed by atoms with Crippen LogP contribution in [0.1, 0.15) is 22.1 Å². The van der Waals surface area contributed by atoms with E-state index >= 15 is 0 Å². The third-order valence-electron chi connectivity index (χ3n) is 4.33. The molecule has 0 aliphatic rings. The molecule has 2 aromatic carbocycles. The van der Waals surface area contributed by atoms with Crippen LogP contribution in [0.5, 0.6) is 0 Å². The van der Waals surface area contributed by atoms with Gasteiger partial charge in [-0.3, -0.25) is 9.52 Å². The van der Waals surface area contributed by atoms with Gasteiger partial charge < -0.3 is 9.73 Å². The molecule has 2 N–H and O–H groups in total. The van der Waals surface area contributed by atoms with Gasteiger partial charge in [-0.05, 0) is 62.4 Å². The van der Waals surface area contributed by atoms with Crippen molar-refractivity contribution in [1.82, 2.24) is 9.97 Å². The number of aromatic nitrogens is 2.